The zero-order valence-electron chi connectivity index (χ0n) is 14.7. The molecule has 2 aromatic heterocycles. The van der Waals surface area contributed by atoms with E-state index in [0.29, 0.717) is 25.2 Å². The van der Waals surface area contributed by atoms with Crippen LogP contribution in [0.3, 0.4) is 0 Å². The molecule has 1 aliphatic rings. The van der Waals surface area contributed by atoms with E-state index >= 15 is 0 Å². The third-order valence-electron chi connectivity index (χ3n) is 4.52. The number of imidazole rings is 1. The van der Waals surface area contributed by atoms with E-state index in [9.17, 15) is 9.59 Å². The summed E-state index contributed by atoms with van der Waals surface area (Å²) in [6.45, 7) is 6.24. The number of pyridine rings is 1. The molecule has 0 bridgehead atoms. The fourth-order valence-electron chi connectivity index (χ4n) is 3.10. The van der Waals surface area contributed by atoms with Gasteiger partial charge in [-0.1, -0.05) is 6.07 Å². The van der Waals surface area contributed by atoms with Gasteiger partial charge in [0.25, 0.3) is 11.8 Å². The largest absolute Gasteiger partial charge is 0.376 e. The summed E-state index contributed by atoms with van der Waals surface area (Å²) in [4.78, 5) is 31.4. The molecule has 7 nitrogen and oxygen atoms in total. The summed E-state index contributed by atoms with van der Waals surface area (Å²) >= 11 is 0. The first-order chi connectivity index (χ1) is 12.2. The predicted molar refractivity (Wildman–Crippen MR) is 93.8 cm³/mol. The lowest BCUT2D eigenvalue weighted by molar-refractivity contribution is 0.0760. The highest BCUT2D eigenvalue weighted by Crippen LogP contribution is 2.16. The van der Waals surface area contributed by atoms with Crippen molar-refractivity contribution in [2.24, 2.45) is 0 Å². The van der Waals surface area contributed by atoms with Crippen LogP contribution in [0.4, 0.5) is 0 Å². The summed E-state index contributed by atoms with van der Waals surface area (Å²) in [5, 5.41) is 2.88. The second-order valence-corrected chi connectivity index (χ2v) is 6.06. The van der Waals surface area contributed by atoms with Crippen molar-refractivity contribution in [3.8, 4) is 0 Å². The van der Waals surface area contributed by atoms with E-state index in [-0.39, 0.29) is 29.4 Å². The van der Waals surface area contributed by atoms with Crippen molar-refractivity contribution in [1.29, 1.82) is 0 Å². The minimum Gasteiger partial charge on any atom is -0.376 e. The van der Waals surface area contributed by atoms with Gasteiger partial charge in [0.2, 0.25) is 5.82 Å². The van der Waals surface area contributed by atoms with Crippen molar-refractivity contribution >= 4 is 17.3 Å². The third kappa shape index (κ3) is 3.51. The summed E-state index contributed by atoms with van der Waals surface area (Å²) < 4.78 is 7.21. The van der Waals surface area contributed by atoms with E-state index < -0.39 is 0 Å². The predicted octanol–water partition coefficient (Wildman–Crippen LogP) is 1.73. The number of hydrogen-bond acceptors (Lipinski definition) is 4. The van der Waals surface area contributed by atoms with E-state index in [2.05, 4.69) is 10.3 Å². The number of nitrogens with zero attached hydrogens (tertiary/aromatic N) is 3. The zero-order valence-corrected chi connectivity index (χ0v) is 14.7. The van der Waals surface area contributed by atoms with Gasteiger partial charge in [-0.3, -0.25) is 14.0 Å². The van der Waals surface area contributed by atoms with Crippen molar-refractivity contribution in [1.82, 2.24) is 19.6 Å². The first-order valence-electron chi connectivity index (χ1n) is 8.81. The van der Waals surface area contributed by atoms with Crippen molar-refractivity contribution in [2.45, 2.75) is 32.8 Å². The highest BCUT2D eigenvalue weighted by atomic mass is 16.5. The van der Waals surface area contributed by atoms with E-state index in [1.54, 1.807) is 21.6 Å². The van der Waals surface area contributed by atoms with Crippen molar-refractivity contribution in [3.63, 3.8) is 0 Å². The number of nitrogens with one attached hydrogen (secondary N) is 1. The second kappa shape index (κ2) is 7.65. The molecule has 1 N–H and O–H groups in total. The van der Waals surface area contributed by atoms with Crippen LogP contribution in [0.1, 0.15) is 47.8 Å². The SMILES string of the molecule is CCN(CC)C(=O)c1nc(C(=O)NCC2CCCO2)c2ccccn12. The van der Waals surface area contributed by atoms with Crippen LogP contribution in [0.5, 0.6) is 0 Å². The number of amides is 2. The number of ether oxygens (including phenoxy) is 1. The highest BCUT2D eigenvalue weighted by Gasteiger charge is 2.24. The molecule has 0 radical (unpaired) electrons. The van der Waals surface area contributed by atoms with Gasteiger partial charge < -0.3 is 15.0 Å². The number of aromatic nitrogens is 2. The molecule has 134 valence electrons. The average molecular weight is 344 g/mol. The lowest BCUT2D eigenvalue weighted by Crippen LogP contribution is -2.33. The molecule has 1 saturated heterocycles. The van der Waals surface area contributed by atoms with Crippen LogP contribution in [0.15, 0.2) is 24.4 Å². The summed E-state index contributed by atoms with van der Waals surface area (Å²) in [7, 11) is 0. The van der Waals surface area contributed by atoms with Gasteiger partial charge in [-0.05, 0) is 38.8 Å². The van der Waals surface area contributed by atoms with Crippen LogP contribution >= 0.6 is 0 Å². The lowest BCUT2D eigenvalue weighted by Gasteiger charge is -2.17. The number of carbonyl (C=O) groups is 2. The molecule has 2 amide bonds. The number of hydrogen-bond donors (Lipinski definition) is 1. The molecule has 0 aromatic carbocycles. The van der Waals surface area contributed by atoms with Crippen molar-refractivity contribution in [2.75, 3.05) is 26.2 Å². The van der Waals surface area contributed by atoms with Crippen LogP contribution in [-0.4, -0.2) is 58.4 Å². The van der Waals surface area contributed by atoms with Gasteiger partial charge in [0, 0.05) is 32.4 Å². The van der Waals surface area contributed by atoms with Gasteiger partial charge in [-0.2, -0.15) is 0 Å². The molecular formula is C18H24N4O3. The maximum atomic E-state index is 12.7. The highest BCUT2D eigenvalue weighted by molar-refractivity contribution is 6.02. The molecule has 1 fully saturated rings. The Morgan fingerprint density at radius 3 is 2.84 bits per heavy atom. The Balaban J connectivity index is 1.87. The average Bonchev–Trinajstić information content (AvgIpc) is 3.28. The van der Waals surface area contributed by atoms with Gasteiger partial charge in [0.15, 0.2) is 5.69 Å². The molecule has 3 rings (SSSR count). The number of fused-ring (bicyclic) bond motifs is 1. The Hall–Kier alpha value is -2.41. The molecule has 0 spiro atoms. The monoisotopic (exact) mass is 344 g/mol. The summed E-state index contributed by atoms with van der Waals surface area (Å²) in [5.74, 6) is -0.191. The molecule has 1 atom stereocenters. The molecular weight excluding hydrogens is 320 g/mol. The molecule has 3 heterocycles. The smallest absolute Gasteiger partial charge is 0.290 e. The summed E-state index contributed by atoms with van der Waals surface area (Å²) in [6, 6.07) is 5.45. The standard InChI is InChI=1S/C18H24N4O3/c1-3-21(4-2)18(24)16-20-15(14-9-5-6-10-22(14)16)17(23)19-12-13-8-7-11-25-13/h5-6,9-10,13H,3-4,7-8,11-12H2,1-2H3,(H,19,23). The third-order valence-corrected chi connectivity index (χ3v) is 4.52. The fourth-order valence-corrected chi connectivity index (χ4v) is 3.10. The van der Waals surface area contributed by atoms with Crippen LogP contribution in [0.2, 0.25) is 0 Å². The first kappa shape index (κ1) is 17.4. The Labute approximate surface area is 147 Å². The molecule has 0 aliphatic carbocycles. The number of carbonyl (C=O) groups excluding carboxylic acids is 2. The minimum atomic E-state index is -0.280. The van der Waals surface area contributed by atoms with Crippen LogP contribution in [0.25, 0.3) is 5.52 Å². The molecule has 0 saturated carbocycles. The van der Waals surface area contributed by atoms with Crippen LogP contribution in [0, 0.1) is 0 Å². The fraction of sp³-hybridized carbons (Fsp3) is 0.500. The van der Waals surface area contributed by atoms with E-state index in [0.717, 1.165) is 19.4 Å². The van der Waals surface area contributed by atoms with Crippen LogP contribution < -0.4 is 5.32 Å². The Morgan fingerprint density at radius 2 is 2.16 bits per heavy atom. The van der Waals surface area contributed by atoms with E-state index in [1.165, 1.54) is 0 Å². The van der Waals surface area contributed by atoms with Gasteiger partial charge >= 0.3 is 0 Å². The minimum absolute atomic E-state index is 0.0645. The van der Waals surface area contributed by atoms with Crippen molar-refractivity contribution in [3.05, 3.63) is 35.9 Å². The quantitative estimate of drug-likeness (QED) is 0.866. The normalized spacial score (nSPS) is 17.0. The van der Waals surface area contributed by atoms with Crippen molar-refractivity contribution < 1.29 is 14.3 Å². The first-order valence-corrected chi connectivity index (χ1v) is 8.81. The molecule has 7 heteroatoms. The molecule has 25 heavy (non-hydrogen) atoms. The molecule has 1 unspecified atom stereocenters. The Bertz CT molecular complexity index is 761. The summed E-state index contributed by atoms with van der Waals surface area (Å²) in [5.41, 5.74) is 0.900. The zero-order chi connectivity index (χ0) is 17.8. The molecule has 2 aromatic rings. The Morgan fingerprint density at radius 1 is 1.36 bits per heavy atom. The van der Waals surface area contributed by atoms with Gasteiger partial charge in [0.05, 0.1) is 11.6 Å². The van der Waals surface area contributed by atoms with Gasteiger partial charge in [-0.25, -0.2) is 4.98 Å². The summed E-state index contributed by atoms with van der Waals surface area (Å²) in [6.07, 6.45) is 3.80. The van der Waals surface area contributed by atoms with Gasteiger partial charge in [-0.15, -0.1) is 0 Å². The maximum Gasteiger partial charge on any atom is 0.290 e. The topological polar surface area (TPSA) is 75.9 Å². The molecule has 1 aliphatic heterocycles. The lowest BCUT2D eigenvalue weighted by atomic mass is 10.2. The van der Waals surface area contributed by atoms with Gasteiger partial charge in [0.1, 0.15) is 0 Å². The van der Waals surface area contributed by atoms with E-state index in [1.807, 2.05) is 26.0 Å². The Kier molecular flexibility index (Phi) is 5.33. The van der Waals surface area contributed by atoms with Crippen LogP contribution in [-0.2, 0) is 4.74 Å². The number of rotatable bonds is 6. The second-order valence-electron chi connectivity index (χ2n) is 6.06. The van der Waals surface area contributed by atoms with E-state index in [4.69, 9.17) is 4.74 Å². The maximum absolute atomic E-state index is 12.7.